The number of aromatic nitrogens is 1. The Labute approximate surface area is 109 Å². The molecular formula is C13H14BrNO2. The molecule has 0 saturated heterocycles. The summed E-state index contributed by atoms with van der Waals surface area (Å²) in [6.45, 7) is 1.38. The van der Waals surface area contributed by atoms with E-state index >= 15 is 0 Å². The predicted octanol–water partition coefficient (Wildman–Crippen LogP) is 2.82. The number of nitrogens with zero attached hydrogens (tertiary/aromatic N) is 1. The molecule has 0 fully saturated rings. The van der Waals surface area contributed by atoms with Crippen molar-refractivity contribution in [2.75, 3.05) is 6.61 Å². The fourth-order valence-corrected chi connectivity index (χ4v) is 1.87. The Bertz CT molecular complexity index is 465. The second-order valence-electron chi connectivity index (χ2n) is 3.65. The maximum absolute atomic E-state index is 9.09. The van der Waals surface area contributed by atoms with Gasteiger partial charge in [0.2, 0.25) is 0 Å². The third-order valence-electron chi connectivity index (χ3n) is 2.50. The van der Waals surface area contributed by atoms with Gasteiger partial charge in [0, 0.05) is 16.4 Å². The number of halogens is 1. The predicted molar refractivity (Wildman–Crippen MR) is 70.0 cm³/mol. The molecule has 0 aliphatic carbocycles. The van der Waals surface area contributed by atoms with E-state index in [9.17, 15) is 0 Å². The summed E-state index contributed by atoms with van der Waals surface area (Å²) in [5.41, 5.74) is 0.907. The molecule has 0 saturated carbocycles. The van der Waals surface area contributed by atoms with Crippen LogP contribution in [0, 0.1) is 0 Å². The average Bonchev–Trinajstić information content (AvgIpc) is 2.79. The zero-order valence-corrected chi connectivity index (χ0v) is 10.9. The molecular weight excluding hydrogens is 282 g/mol. The Kier molecular flexibility index (Phi) is 4.23. The molecule has 2 aromatic rings. The van der Waals surface area contributed by atoms with E-state index in [1.54, 1.807) is 0 Å². The van der Waals surface area contributed by atoms with Crippen LogP contribution in [0.15, 0.2) is 47.1 Å². The van der Waals surface area contributed by atoms with Crippen molar-refractivity contribution in [3.8, 4) is 5.75 Å². The van der Waals surface area contributed by atoms with Crippen molar-refractivity contribution in [1.29, 1.82) is 0 Å². The van der Waals surface area contributed by atoms with Crippen LogP contribution in [-0.4, -0.2) is 16.3 Å². The highest BCUT2D eigenvalue weighted by atomic mass is 79.9. The van der Waals surface area contributed by atoms with Crippen LogP contribution in [0.3, 0.4) is 0 Å². The van der Waals surface area contributed by atoms with Gasteiger partial charge in [-0.05, 0) is 36.4 Å². The summed E-state index contributed by atoms with van der Waals surface area (Å²) in [6, 6.07) is 11.6. The molecule has 0 unspecified atom stereocenters. The van der Waals surface area contributed by atoms with Gasteiger partial charge < -0.3 is 14.4 Å². The molecule has 3 nitrogen and oxygen atoms in total. The molecule has 1 N–H and O–H groups in total. The molecule has 1 aromatic heterocycles. The van der Waals surface area contributed by atoms with Crippen molar-refractivity contribution >= 4 is 15.9 Å². The van der Waals surface area contributed by atoms with E-state index in [1.807, 2.05) is 47.2 Å². The first-order chi connectivity index (χ1) is 8.29. The number of benzene rings is 1. The fourth-order valence-electron chi connectivity index (χ4n) is 1.60. The van der Waals surface area contributed by atoms with Gasteiger partial charge in [-0.25, -0.2) is 0 Å². The second-order valence-corrected chi connectivity index (χ2v) is 4.57. The smallest absolute Gasteiger partial charge is 0.119 e. The molecule has 0 spiro atoms. The highest BCUT2D eigenvalue weighted by molar-refractivity contribution is 9.10. The van der Waals surface area contributed by atoms with E-state index in [4.69, 9.17) is 9.84 Å². The van der Waals surface area contributed by atoms with Gasteiger partial charge >= 0.3 is 0 Å². The number of aliphatic hydroxyl groups excluding tert-OH is 1. The molecule has 1 aromatic carbocycles. The third-order valence-corrected chi connectivity index (χ3v) is 3.03. The monoisotopic (exact) mass is 295 g/mol. The number of aliphatic hydroxyl groups is 1. The van der Waals surface area contributed by atoms with Gasteiger partial charge in [-0.3, -0.25) is 0 Å². The van der Waals surface area contributed by atoms with Crippen molar-refractivity contribution in [3.05, 3.63) is 52.8 Å². The minimum atomic E-state index is 0.0608. The van der Waals surface area contributed by atoms with Gasteiger partial charge in [-0.2, -0.15) is 0 Å². The molecule has 2 rings (SSSR count). The van der Waals surface area contributed by atoms with Crippen molar-refractivity contribution in [2.45, 2.75) is 13.2 Å². The van der Waals surface area contributed by atoms with Gasteiger partial charge in [0.25, 0.3) is 0 Å². The number of rotatable bonds is 5. The van der Waals surface area contributed by atoms with E-state index in [1.165, 1.54) is 0 Å². The maximum atomic E-state index is 9.09. The van der Waals surface area contributed by atoms with Gasteiger partial charge in [-0.15, -0.1) is 0 Å². The lowest BCUT2D eigenvalue weighted by Crippen LogP contribution is -2.09. The average molecular weight is 296 g/mol. The standard InChI is InChI=1S/C13H14BrNO2/c14-11-3-5-13(6-4-11)17-9-8-15-7-1-2-12(15)10-16/h1-7,16H,8-10H2. The topological polar surface area (TPSA) is 34.4 Å². The zero-order valence-electron chi connectivity index (χ0n) is 9.34. The molecule has 0 aliphatic heterocycles. The molecule has 4 heteroatoms. The fraction of sp³-hybridized carbons (Fsp3) is 0.231. The Morgan fingerprint density at radius 2 is 1.94 bits per heavy atom. The van der Waals surface area contributed by atoms with Crippen LogP contribution in [-0.2, 0) is 13.2 Å². The quantitative estimate of drug-likeness (QED) is 0.920. The first kappa shape index (κ1) is 12.2. The van der Waals surface area contributed by atoms with E-state index in [2.05, 4.69) is 15.9 Å². The lowest BCUT2D eigenvalue weighted by atomic mass is 10.3. The molecule has 17 heavy (non-hydrogen) atoms. The van der Waals surface area contributed by atoms with Crippen molar-refractivity contribution in [1.82, 2.24) is 4.57 Å². The largest absolute Gasteiger partial charge is 0.492 e. The molecule has 0 radical (unpaired) electrons. The first-order valence-electron chi connectivity index (χ1n) is 5.43. The molecule has 0 bridgehead atoms. The summed E-state index contributed by atoms with van der Waals surface area (Å²) in [6.07, 6.45) is 1.94. The van der Waals surface area contributed by atoms with Gasteiger partial charge in [-0.1, -0.05) is 15.9 Å². The Balaban J connectivity index is 1.85. The van der Waals surface area contributed by atoms with Crippen LogP contribution in [0.1, 0.15) is 5.69 Å². The number of ether oxygens (including phenoxy) is 1. The van der Waals surface area contributed by atoms with Crippen LogP contribution in [0.4, 0.5) is 0 Å². The maximum Gasteiger partial charge on any atom is 0.119 e. The summed E-state index contributed by atoms with van der Waals surface area (Å²) >= 11 is 3.38. The van der Waals surface area contributed by atoms with Crippen molar-refractivity contribution in [3.63, 3.8) is 0 Å². The van der Waals surface area contributed by atoms with Gasteiger partial charge in [0.05, 0.1) is 13.2 Å². The minimum Gasteiger partial charge on any atom is -0.492 e. The summed E-state index contributed by atoms with van der Waals surface area (Å²) < 4.78 is 8.64. The van der Waals surface area contributed by atoms with Crippen LogP contribution < -0.4 is 4.74 Å². The molecule has 0 amide bonds. The number of hydrogen-bond acceptors (Lipinski definition) is 2. The van der Waals surface area contributed by atoms with Crippen LogP contribution in [0.5, 0.6) is 5.75 Å². The van der Waals surface area contributed by atoms with Gasteiger partial charge in [0.15, 0.2) is 0 Å². The SMILES string of the molecule is OCc1cccn1CCOc1ccc(Br)cc1. The lowest BCUT2D eigenvalue weighted by Gasteiger charge is -2.09. The van der Waals surface area contributed by atoms with E-state index < -0.39 is 0 Å². The third kappa shape index (κ3) is 3.35. The Hall–Kier alpha value is -1.26. The normalized spacial score (nSPS) is 10.5. The first-order valence-corrected chi connectivity index (χ1v) is 6.22. The zero-order chi connectivity index (χ0) is 12.1. The summed E-state index contributed by atoms with van der Waals surface area (Å²) in [5, 5.41) is 9.09. The summed E-state index contributed by atoms with van der Waals surface area (Å²) in [5.74, 6) is 0.853. The molecule has 1 heterocycles. The van der Waals surface area contributed by atoms with Crippen LogP contribution >= 0.6 is 15.9 Å². The summed E-state index contributed by atoms with van der Waals surface area (Å²) in [4.78, 5) is 0. The number of hydrogen-bond donors (Lipinski definition) is 1. The second kappa shape index (κ2) is 5.89. The van der Waals surface area contributed by atoms with Crippen LogP contribution in [0.25, 0.3) is 0 Å². The van der Waals surface area contributed by atoms with E-state index in [0.29, 0.717) is 6.61 Å². The van der Waals surface area contributed by atoms with Crippen molar-refractivity contribution in [2.24, 2.45) is 0 Å². The van der Waals surface area contributed by atoms with E-state index in [-0.39, 0.29) is 6.61 Å². The summed E-state index contributed by atoms with van der Waals surface area (Å²) in [7, 11) is 0. The van der Waals surface area contributed by atoms with E-state index in [0.717, 1.165) is 22.5 Å². The van der Waals surface area contributed by atoms with Crippen LogP contribution in [0.2, 0.25) is 0 Å². The Morgan fingerprint density at radius 3 is 2.65 bits per heavy atom. The van der Waals surface area contributed by atoms with Gasteiger partial charge in [0.1, 0.15) is 12.4 Å². The molecule has 0 atom stereocenters. The molecule has 0 aliphatic rings. The highest BCUT2D eigenvalue weighted by Crippen LogP contribution is 2.16. The Morgan fingerprint density at radius 1 is 1.18 bits per heavy atom. The highest BCUT2D eigenvalue weighted by Gasteiger charge is 1.99. The molecule has 90 valence electrons. The minimum absolute atomic E-state index is 0.0608. The lowest BCUT2D eigenvalue weighted by molar-refractivity contribution is 0.259. The van der Waals surface area contributed by atoms with Crippen molar-refractivity contribution < 1.29 is 9.84 Å².